The summed E-state index contributed by atoms with van der Waals surface area (Å²) in [5.74, 6) is 0. The molecule has 23 heavy (non-hydrogen) atoms. The topological polar surface area (TPSA) is 36.0 Å². The molecule has 2 saturated heterocycles. The highest BCUT2D eigenvalue weighted by atomic mass is 16.6. The van der Waals surface area contributed by atoms with Crippen LogP contribution < -0.4 is 0 Å². The van der Waals surface area contributed by atoms with Crippen LogP contribution in [0.25, 0.3) is 0 Å². The minimum Gasteiger partial charge on any atom is -0.443 e. The highest BCUT2D eigenvalue weighted by Crippen LogP contribution is 2.19. The molecular formula is C18H27N3O2. The summed E-state index contributed by atoms with van der Waals surface area (Å²) in [7, 11) is 0. The van der Waals surface area contributed by atoms with Crippen molar-refractivity contribution in [2.75, 3.05) is 26.2 Å². The second-order valence-corrected chi connectivity index (χ2v) is 6.36. The third kappa shape index (κ3) is 4.45. The molecule has 5 nitrogen and oxygen atoms in total. The summed E-state index contributed by atoms with van der Waals surface area (Å²) in [6, 6.07) is 9.88. The largest absolute Gasteiger partial charge is 0.443 e. The lowest BCUT2D eigenvalue weighted by Gasteiger charge is -2.43. The van der Waals surface area contributed by atoms with Crippen molar-refractivity contribution in [2.45, 2.75) is 45.1 Å². The van der Waals surface area contributed by atoms with Crippen LogP contribution in [0.3, 0.4) is 0 Å². The van der Waals surface area contributed by atoms with Crippen molar-refractivity contribution >= 4 is 6.09 Å². The van der Waals surface area contributed by atoms with Crippen molar-refractivity contribution in [1.29, 1.82) is 0 Å². The second-order valence-electron chi connectivity index (χ2n) is 6.36. The zero-order valence-corrected chi connectivity index (χ0v) is 13.8. The quantitative estimate of drug-likeness (QED) is 0.852. The molecular weight excluding hydrogens is 290 g/mol. The predicted octanol–water partition coefficient (Wildman–Crippen LogP) is 3.43. The zero-order valence-electron chi connectivity index (χ0n) is 13.8. The average Bonchev–Trinajstić information content (AvgIpc) is 2.63. The van der Waals surface area contributed by atoms with Gasteiger partial charge >= 0.3 is 6.09 Å². The van der Waals surface area contributed by atoms with E-state index >= 15 is 0 Å². The Hall–Kier alpha value is -1.59. The van der Waals surface area contributed by atoms with E-state index in [-0.39, 0.29) is 6.09 Å². The van der Waals surface area contributed by atoms with Crippen molar-refractivity contribution < 1.29 is 9.53 Å². The van der Waals surface area contributed by atoms with Gasteiger partial charge in [-0.1, -0.05) is 43.2 Å². The maximum atomic E-state index is 12.7. The number of ether oxygens (including phenoxy) is 1. The lowest BCUT2D eigenvalue weighted by atomic mass is 10.1. The van der Waals surface area contributed by atoms with E-state index in [0.717, 1.165) is 57.4 Å². The number of hydrazine groups is 2. The van der Waals surface area contributed by atoms with Gasteiger partial charge in [0.2, 0.25) is 0 Å². The van der Waals surface area contributed by atoms with Gasteiger partial charge in [-0.05, 0) is 31.2 Å². The maximum Gasteiger partial charge on any atom is 0.440 e. The fourth-order valence-electron chi connectivity index (χ4n) is 3.32. The van der Waals surface area contributed by atoms with E-state index < -0.39 is 0 Å². The summed E-state index contributed by atoms with van der Waals surface area (Å²) in [5, 5.41) is 6.13. The molecule has 1 aromatic rings. The normalized spacial score (nSPS) is 20.2. The molecule has 2 aliphatic heterocycles. The van der Waals surface area contributed by atoms with Crippen LogP contribution in [-0.2, 0) is 11.3 Å². The summed E-state index contributed by atoms with van der Waals surface area (Å²) in [6.07, 6.45) is 6.86. The first-order chi connectivity index (χ1) is 11.3. The molecule has 126 valence electrons. The van der Waals surface area contributed by atoms with Gasteiger partial charge in [0.25, 0.3) is 0 Å². The molecule has 0 aromatic heterocycles. The van der Waals surface area contributed by atoms with Crippen LogP contribution in [0.4, 0.5) is 4.79 Å². The van der Waals surface area contributed by atoms with Crippen molar-refractivity contribution in [1.82, 2.24) is 15.1 Å². The number of nitrogens with zero attached hydrogens (tertiary/aromatic N) is 3. The van der Waals surface area contributed by atoms with Crippen LogP contribution in [0.1, 0.15) is 44.1 Å². The van der Waals surface area contributed by atoms with E-state index in [9.17, 15) is 4.79 Å². The van der Waals surface area contributed by atoms with Gasteiger partial charge in [-0.3, -0.25) is 0 Å². The SMILES string of the molecule is O=C(OCc1ccccc1)N(N1CCCCC1)N1CCCCC1. The first-order valence-electron chi connectivity index (χ1n) is 8.85. The van der Waals surface area contributed by atoms with E-state index in [2.05, 4.69) is 10.0 Å². The van der Waals surface area contributed by atoms with Crippen LogP contribution in [-0.4, -0.2) is 47.4 Å². The number of carbonyl (C=O) groups is 1. The van der Waals surface area contributed by atoms with Crippen molar-refractivity contribution in [3.05, 3.63) is 35.9 Å². The highest BCUT2D eigenvalue weighted by Gasteiger charge is 2.31. The van der Waals surface area contributed by atoms with Gasteiger partial charge in [-0.25, -0.2) is 14.8 Å². The molecule has 0 radical (unpaired) electrons. The predicted molar refractivity (Wildman–Crippen MR) is 89.3 cm³/mol. The number of carbonyl (C=O) groups excluding carboxylic acids is 1. The van der Waals surface area contributed by atoms with Gasteiger partial charge in [0, 0.05) is 26.2 Å². The van der Waals surface area contributed by atoms with E-state index in [4.69, 9.17) is 4.74 Å². The number of piperidine rings is 2. The number of hydrogen-bond acceptors (Lipinski definition) is 4. The Bertz CT molecular complexity index is 464. The maximum absolute atomic E-state index is 12.7. The third-order valence-electron chi connectivity index (χ3n) is 4.57. The van der Waals surface area contributed by atoms with Crippen molar-refractivity contribution in [3.63, 3.8) is 0 Å². The first kappa shape index (κ1) is 16.3. The summed E-state index contributed by atoms with van der Waals surface area (Å²) in [5.41, 5.74) is 1.03. The fourth-order valence-corrected chi connectivity index (χ4v) is 3.32. The molecule has 0 spiro atoms. The molecule has 0 atom stereocenters. The van der Waals surface area contributed by atoms with Gasteiger partial charge in [-0.2, -0.15) is 5.12 Å². The van der Waals surface area contributed by atoms with E-state index in [1.807, 2.05) is 30.3 Å². The molecule has 0 saturated carbocycles. The van der Waals surface area contributed by atoms with Crippen LogP contribution in [0.15, 0.2) is 30.3 Å². The molecule has 0 unspecified atom stereocenters. The number of hydrogen-bond donors (Lipinski definition) is 0. The van der Waals surface area contributed by atoms with E-state index in [0.29, 0.717) is 6.61 Å². The van der Waals surface area contributed by atoms with Crippen LogP contribution in [0.5, 0.6) is 0 Å². The van der Waals surface area contributed by atoms with E-state index in [1.165, 1.54) is 12.8 Å². The number of amides is 1. The van der Waals surface area contributed by atoms with Gasteiger partial charge in [0.1, 0.15) is 6.61 Å². The Kier molecular flexibility index (Phi) is 5.88. The third-order valence-corrected chi connectivity index (χ3v) is 4.57. The Morgan fingerprint density at radius 2 is 1.39 bits per heavy atom. The molecule has 3 rings (SSSR count). The van der Waals surface area contributed by atoms with E-state index in [1.54, 1.807) is 5.12 Å². The molecule has 0 bridgehead atoms. The van der Waals surface area contributed by atoms with Crippen LogP contribution >= 0.6 is 0 Å². The smallest absolute Gasteiger partial charge is 0.440 e. The lowest BCUT2D eigenvalue weighted by Crippen LogP contribution is -2.58. The Labute approximate surface area is 138 Å². The van der Waals surface area contributed by atoms with Gasteiger partial charge < -0.3 is 4.74 Å². The Morgan fingerprint density at radius 1 is 0.870 bits per heavy atom. The molecule has 2 heterocycles. The second kappa shape index (κ2) is 8.31. The Morgan fingerprint density at radius 3 is 1.91 bits per heavy atom. The molecule has 2 fully saturated rings. The molecule has 0 aliphatic carbocycles. The number of rotatable bonds is 4. The van der Waals surface area contributed by atoms with Crippen LogP contribution in [0.2, 0.25) is 0 Å². The standard InChI is InChI=1S/C18H27N3O2/c22-18(23-16-17-10-4-1-5-11-17)21(19-12-6-2-7-13-19)20-14-8-3-9-15-20/h1,4-5,10-11H,2-3,6-9,12-16H2. The van der Waals surface area contributed by atoms with Gasteiger partial charge in [-0.15, -0.1) is 0 Å². The summed E-state index contributed by atoms with van der Waals surface area (Å²) >= 11 is 0. The first-order valence-corrected chi connectivity index (χ1v) is 8.85. The van der Waals surface area contributed by atoms with Crippen molar-refractivity contribution in [3.8, 4) is 0 Å². The lowest BCUT2D eigenvalue weighted by molar-refractivity contribution is -0.173. The molecule has 1 aromatic carbocycles. The monoisotopic (exact) mass is 317 g/mol. The summed E-state index contributed by atoms with van der Waals surface area (Å²) < 4.78 is 5.60. The molecule has 5 heteroatoms. The van der Waals surface area contributed by atoms with Crippen molar-refractivity contribution in [2.24, 2.45) is 0 Å². The average molecular weight is 317 g/mol. The van der Waals surface area contributed by atoms with Crippen LogP contribution in [0, 0.1) is 0 Å². The Balaban J connectivity index is 1.64. The number of benzene rings is 1. The minimum absolute atomic E-state index is 0.238. The highest BCUT2D eigenvalue weighted by molar-refractivity contribution is 5.66. The molecule has 0 N–H and O–H groups in total. The van der Waals surface area contributed by atoms with Gasteiger partial charge in [0.05, 0.1) is 0 Å². The zero-order chi connectivity index (χ0) is 15.9. The van der Waals surface area contributed by atoms with Gasteiger partial charge in [0.15, 0.2) is 0 Å². The molecule has 2 aliphatic rings. The summed E-state index contributed by atoms with van der Waals surface area (Å²) in [6.45, 7) is 4.10. The summed E-state index contributed by atoms with van der Waals surface area (Å²) in [4.78, 5) is 12.7. The molecule has 1 amide bonds. The fraction of sp³-hybridized carbons (Fsp3) is 0.611. The minimum atomic E-state index is -0.238.